The molecule has 1 aromatic carbocycles. The molecule has 7 heteroatoms. The van der Waals surface area contributed by atoms with E-state index in [0.717, 1.165) is 0 Å². The zero-order chi connectivity index (χ0) is 17.4. The van der Waals surface area contributed by atoms with Crippen LogP contribution in [0.2, 0.25) is 0 Å². The second-order valence-corrected chi connectivity index (χ2v) is 7.03. The molecule has 0 spiro atoms. The molecule has 0 bridgehead atoms. The number of nitrogens with one attached hydrogen (secondary N) is 2. The minimum absolute atomic E-state index is 0.0563. The van der Waals surface area contributed by atoms with Crippen molar-refractivity contribution >= 4 is 28.7 Å². The van der Waals surface area contributed by atoms with E-state index in [1.54, 1.807) is 30.8 Å². The lowest BCUT2D eigenvalue weighted by molar-refractivity contribution is 0.101. The van der Waals surface area contributed by atoms with Crippen LogP contribution in [0.15, 0.2) is 35.4 Å². The third-order valence-corrected chi connectivity index (χ3v) is 5.17. The second kappa shape index (κ2) is 6.33. The van der Waals surface area contributed by atoms with Crippen molar-refractivity contribution in [1.29, 1.82) is 0 Å². The summed E-state index contributed by atoms with van der Waals surface area (Å²) in [6.07, 6.45) is 5.36. The molecule has 0 aliphatic carbocycles. The van der Waals surface area contributed by atoms with Crippen LogP contribution in [-0.4, -0.2) is 20.7 Å². The molecule has 0 saturated heterocycles. The fourth-order valence-electron chi connectivity index (χ4n) is 2.63. The number of aromatic nitrogens is 1. The van der Waals surface area contributed by atoms with E-state index in [2.05, 4.69) is 10.0 Å². The smallest absolute Gasteiger partial charge is 0.272 e. The van der Waals surface area contributed by atoms with Gasteiger partial charge in [-0.2, -0.15) is 0 Å². The number of aryl methyl sites for hydroxylation is 2. The number of amides is 1. The summed E-state index contributed by atoms with van der Waals surface area (Å²) in [4.78, 5) is 13.3. The van der Waals surface area contributed by atoms with E-state index in [1.807, 2.05) is 19.1 Å². The number of halogens is 1. The summed E-state index contributed by atoms with van der Waals surface area (Å²) in [6, 6.07) is 4.35. The fraction of sp³-hybridized carbons (Fsp3) is 0.235. The number of carbonyl (C=O) groups is 1. The third-order valence-electron chi connectivity index (χ3n) is 3.86. The maximum atomic E-state index is 13.4. The van der Waals surface area contributed by atoms with Gasteiger partial charge in [-0.1, -0.05) is 12.2 Å². The van der Waals surface area contributed by atoms with Crippen LogP contribution in [0, 0.1) is 12.7 Å². The van der Waals surface area contributed by atoms with Crippen LogP contribution >= 0.6 is 0 Å². The van der Waals surface area contributed by atoms with Crippen LogP contribution in [0.1, 0.15) is 28.5 Å². The van der Waals surface area contributed by atoms with Gasteiger partial charge < -0.3 is 9.88 Å². The molecule has 1 aliphatic rings. The van der Waals surface area contributed by atoms with Gasteiger partial charge in [0.1, 0.15) is 22.5 Å². The summed E-state index contributed by atoms with van der Waals surface area (Å²) in [5, 5.41) is 2.77. The number of hydrogen-bond acceptors (Lipinski definition) is 2. The van der Waals surface area contributed by atoms with Gasteiger partial charge in [0.2, 0.25) is 0 Å². The Morgan fingerprint density at radius 1 is 1.42 bits per heavy atom. The third kappa shape index (κ3) is 3.05. The summed E-state index contributed by atoms with van der Waals surface area (Å²) in [5.41, 5.74) is 2.01. The summed E-state index contributed by atoms with van der Waals surface area (Å²) in [5.74, 6) is -0.653. The molecular formula is C17H18FN3O2S. The maximum absolute atomic E-state index is 13.4. The largest absolute Gasteiger partial charge is 0.345 e. The molecule has 0 saturated carbocycles. The van der Waals surface area contributed by atoms with Crippen LogP contribution in [0.3, 0.4) is 0 Å². The molecule has 2 heterocycles. The molecule has 2 aromatic rings. The summed E-state index contributed by atoms with van der Waals surface area (Å²) in [6.45, 7) is 3.53. The molecule has 2 N–H and O–H groups in total. The van der Waals surface area contributed by atoms with E-state index in [-0.39, 0.29) is 17.8 Å². The fourth-order valence-corrected chi connectivity index (χ4v) is 3.79. The van der Waals surface area contributed by atoms with Crippen molar-refractivity contribution in [2.45, 2.75) is 24.8 Å². The SMILES string of the molecule is Cc1cc(NC(=O)c2c3c(cn2C)S(=O)NC(C)C=C3)ccc1F. The van der Waals surface area contributed by atoms with E-state index < -0.39 is 11.0 Å². The highest BCUT2D eigenvalue weighted by molar-refractivity contribution is 7.83. The van der Waals surface area contributed by atoms with Gasteiger partial charge in [-0.25, -0.2) is 13.3 Å². The first-order valence-electron chi connectivity index (χ1n) is 7.50. The summed E-state index contributed by atoms with van der Waals surface area (Å²) >= 11 is 0. The van der Waals surface area contributed by atoms with Crippen LogP contribution in [0.25, 0.3) is 6.08 Å². The van der Waals surface area contributed by atoms with E-state index in [1.165, 1.54) is 12.1 Å². The number of nitrogens with zero attached hydrogens (tertiary/aromatic N) is 1. The molecule has 0 fully saturated rings. The molecular weight excluding hydrogens is 329 g/mol. The predicted molar refractivity (Wildman–Crippen MR) is 92.5 cm³/mol. The van der Waals surface area contributed by atoms with E-state index in [9.17, 15) is 13.4 Å². The van der Waals surface area contributed by atoms with Crippen molar-refractivity contribution < 1.29 is 13.4 Å². The van der Waals surface area contributed by atoms with Crippen LogP contribution in [0.4, 0.5) is 10.1 Å². The van der Waals surface area contributed by atoms with Gasteiger partial charge in [0.25, 0.3) is 5.91 Å². The lowest BCUT2D eigenvalue weighted by Gasteiger charge is -2.08. The Hall–Kier alpha value is -2.25. The van der Waals surface area contributed by atoms with Gasteiger partial charge in [-0.15, -0.1) is 0 Å². The van der Waals surface area contributed by atoms with Crippen molar-refractivity contribution in [1.82, 2.24) is 9.29 Å². The number of hydrogen-bond donors (Lipinski definition) is 2. The van der Waals surface area contributed by atoms with Crippen molar-refractivity contribution in [2.24, 2.45) is 7.05 Å². The van der Waals surface area contributed by atoms with Crippen LogP contribution in [0.5, 0.6) is 0 Å². The minimum Gasteiger partial charge on any atom is -0.345 e. The van der Waals surface area contributed by atoms with Crippen LogP contribution < -0.4 is 10.0 Å². The maximum Gasteiger partial charge on any atom is 0.272 e. The van der Waals surface area contributed by atoms with Crippen molar-refractivity contribution in [2.75, 3.05) is 5.32 Å². The first kappa shape index (κ1) is 16.6. The number of fused-ring (bicyclic) bond motifs is 1. The summed E-state index contributed by atoms with van der Waals surface area (Å²) in [7, 11) is 0.345. The molecule has 2 unspecified atom stereocenters. The Morgan fingerprint density at radius 3 is 2.88 bits per heavy atom. The highest BCUT2D eigenvalue weighted by atomic mass is 32.2. The Labute approximate surface area is 142 Å². The number of benzene rings is 1. The summed E-state index contributed by atoms with van der Waals surface area (Å²) < 4.78 is 30.3. The number of rotatable bonds is 2. The first-order chi connectivity index (χ1) is 11.4. The Balaban J connectivity index is 1.97. The average Bonchev–Trinajstić information content (AvgIpc) is 2.78. The predicted octanol–water partition coefficient (Wildman–Crippen LogP) is 2.75. The van der Waals surface area contributed by atoms with Gasteiger partial charge in [-0.05, 0) is 37.6 Å². The highest BCUT2D eigenvalue weighted by Crippen LogP contribution is 2.25. The van der Waals surface area contributed by atoms with Gasteiger partial charge in [0, 0.05) is 30.5 Å². The molecule has 5 nitrogen and oxygen atoms in total. The van der Waals surface area contributed by atoms with Crippen molar-refractivity contribution in [3.8, 4) is 0 Å². The van der Waals surface area contributed by atoms with Crippen molar-refractivity contribution in [3.05, 3.63) is 53.1 Å². The first-order valence-corrected chi connectivity index (χ1v) is 8.64. The molecule has 1 aliphatic heterocycles. The molecule has 2 atom stereocenters. The Kier molecular flexibility index (Phi) is 4.38. The van der Waals surface area contributed by atoms with Gasteiger partial charge >= 0.3 is 0 Å². The topological polar surface area (TPSA) is 63.1 Å². The van der Waals surface area contributed by atoms with Gasteiger partial charge in [0.05, 0.1) is 4.90 Å². The highest BCUT2D eigenvalue weighted by Gasteiger charge is 2.24. The lowest BCUT2D eigenvalue weighted by Crippen LogP contribution is -2.24. The normalized spacial score (nSPS) is 19.7. The zero-order valence-corrected chi connectivity index (χ0v) is 14.4. The zero-order valence-electron chi connectivity index (χ0n) is 13.6. The standard InChI is InChI=1S/C17H18FN3O2S/c1-10-8-12(5-7-14(10)18)19-17(22)16-13-6-4-11(2)20-24(23)15(13)9-21(16)3/h4-9,11,20H,1-3H3,(H,19,22). The Bertz CT molecular complexity index is 873. The second-order valence-electron chi connectivity index (χ2n) is 5.82. The average molecular weight is 347 g/mol. The molecule has 24 heavy (non-hydrogen) atoms. The molecule has 1 aromatic heterocycles. The minimum atomic E-state index is -1.38. The van der Waals surface area contributed by atoms with E-state index in [4.69, 9.17) is 0 Å². The molecule has 1 amide bonds. The quantitative estimate of drug-likeness (QED) is 0.877. The van der Waals surface area contributed by atoms with Crippen LogP contribution in [-0.2, 0) is 18.0 Å². The molecule has 3 rings (SSSR count). The van der Waals surface area contributed by atoms with E-state index >= 15 is 0 Å². The lowest BCUT2D eigenvalue weighted by atomic mass is 10.1. The monoisotopic (exact) mass is 347 g/mol. The molecule has 0 radical (unpaired) electrons. The van der Waals surface area contributed by atoms with Crippen molar-refractivity contribution in [3.63, 3.8) is 0 Å². The number of anilines is 1. The number of carbonyl (C=O) groups excluding carboxylic acids is 1. The van der Waals surface area contributed by atoms with Gasteiger partial charge in [0.15, 0.2) is 0 Å². The molecule has 126 valence electrons. The van der Waals surface area contributed by atoms with E-state index in [0.29, 0.717) is 27.4 Å². The van der Waals surface area contributed by atoms with Gasteiger partial charge in [-0.3, -0.25) is 4.79 Å². The Morgan fingerprint density at radius 2 is 2.17 bits per heavy atom.